The van der Waals surface area contributed by atoms with Gasteiger partial charge in [0, 0.05) is 5.60 Å². The Bertz CT molecular complexity index is 652. The molecule has 0 aliphatic carbocycles. The molecule has 0 atom stereocenters. The summed E-state index contributed by atoms with van der Waals surface area (Å²) in [6, 6.07) is 11.4. The summed E-state index contributed by atoms with van der Waals surface area (Å²) in [6.07, 6.45) is 0. The Labute approximate surface area is 132 Å². The molecule has 4 heteroatoms. The summed E-state index contributed by atoms with van der Waals surface area (Å²) in [4.78, 5) is 0. The van der Waals surface area contributed by atoms with E-state index in [0.717, 1.165) is 16.2 Å². The van der Waals surface area contributed by atoms with Crippen LogP contribution in [0.1, 0.15) is 27.7 Å². The maximum Gasteiger partial charge on any atom is 0.366 e. The quantitative estimate of drug-likeness (QED) is 0.674. The van der Waals surface area contributed by atoms with Crippen LogP contribution >= 0.6 is 12.2 Å². The molecular formula is C17H21BO2S. The minimum absolute atomic E-state index is 0.233. The molecule has 0 saturated heterocycles. The van der Waals surface area contributed by atoms with E-state index < -0.39 is 0 Å². The number of benzene rings is 2. The van der Waals surface area contributed by atoms with Crippen LogP contribution in [0.2, 0.25) is 0 Å². The van der Waals surface area contributed by atoms with Gasteiger partial charge in [0.1, 0.15) is 5.75 Å². The second-order valence-electron chi connectivity index (χ2n) is 6.19. The lowest BCUT2D eigenvalue weighted by Crippen LogP contribution is -2.45. The van der Waals surface area contributed by atoms with Gasteiger partial charge < -0.3 is 9.76 Å². The normalized spacial score (nSPS) is 11.9. The molecule has 21 heavy (non-hydrogen) atoms. The summed E-state index contributed by atoms with van der Waals surface area (Å²) in [5.41, 5.74) is 0.612. The molecule has 0 aliphatic heterocycles. The number of rotatable bonds is 5. The number of fused-ring (bicyclic) bond motifs is 1. The highest BCUT2D eigenvalue weighted by Crippen LogP contribution is 2.23. The van der Waals surface area contributed by atoms with Crippen LogP contribution in [0.3, 0.4) is 0 Å². The van der Waals surface area contributed by atoms with E-state index in [4.69, 9.17) is 16.9 Å². The van der Waals surface area contributed by atoms with E-state index in [0.29, 0.717) is 5.92 Å². The molecule has 0 bridgehead atoms. The number of hydrogen-bond donors (Lipinski definition) is 1. The van der Waals surface area contributed by atoms with Crippen molar-refractivity contribution < 1.29 is 9.76 Å². The van der Waals surface area contributed by atoms with Crippen LogP contribution in [0.25, 0.3) is 10.8 Å². The van der Waals surface area contributed by atoms with Crippen molar-refractivity contribution in [1.82, 2.24) is 0 Å². The van der Waals surface area contributed by atoms with Crippen LogP contribution in [0.4, 0.5) is 0 Å². The molecule has 0 aliphatic rings. The number of phenols is 1. The number of thiocarbonyl (C=S) groups is 1. The maximum absolute atomic E-state index is 9.96. The molecule has 0 fully saturated rings. The topological polar surface area (TPSA) is 29.5 Å². The van der Waals surface area contributed by atoms with Gasteiger partial charge in [0.05, 0.1) is 0 Å². The van der Waals surface area contributed by atoms with E-state index in [2.05, 4.69) is 27.7 Å². The van der Waals surface area contributed by atoms with Gasteiger partial charge in [-0.1, -0.05) is 38.1 Å². The third-order valence-electron chi connectivity index (χ3n) is 4.13. The molecule has 2 rings (SSSR count). The monoisotopic (exact) mass is 300 g/mol. The van der Waals surface area contributed by atoms with E-state index in [1.807, 2.05) is 24.3 Å². The van der Waals surface area contributed by atoms with Crippen molar-refractivity contribution in [1.29, 1.82) is 0 Å². The summed E-state index contributed by atoms with van der Waals surface area (Å²) >= 11 is 5.18. The predicted molar refractivity (Wildman–Crippen MR) is 94.7 cm³/mol. The second-order valence-corrected chi connectivity index (χ2v) is 6.46. The Morgan fingerprint density at radius 2 is 1.90 bits per heavy atom. The van der Waals surface area contributed by atoms with Crippen LogP contribution < -0.4 is 5.46 Å². The zero-order valence-electron chi connectivity index (χ0n) is 13.0. The summed E-state index contributed by atoms with van der Waals surface area (Å²) in [5, 5.41) is 13.6. The van der Waals surface area contributed by atoms with Gasteiger partial charge in [-0.05, 0) is 53.4 Å². The van der Waals surface area contributed by atoms with Gasteiger partial charge in [-0.2, -0.15) is 0 Å². The summed E-state index contributed by atoms with van der Waals surface area (Å²) in [6.45, 7) is 8.06. The smallest absolute Gasteiger partial charge is 0.366 e. The Kier molecular flexibility index (Phi) is 4.69. The maximum atomic E-state index is 9.96. The van der Waals surface area contributed by atoms with Crippen LogP contribution in [-0.2, 0) is 4.65 Å². The predicted octanol–water partition coefficient (Wildman–Crippen LogP) is 3.73. The fraction of sp³-hybridized carbons (Fsp3) is 0.353. The van der Waals surface area contributed by atoms with Gasteiger partial charge in [0.25, 0.3) is 0 Å². The fourth-order valence-corrected chi connectivity index (χ4v) is 2.39. The van der Waals surface area contributed by atoms with Crippen LogP contribution in [-0.4, -0.2) is 22.9 Å². The number of hydrogen-bond acceptors (Lipinski definition) is 3. The molecule has 0 amide bonds. The third kappa shape index (κ3) is 3.45. The fourth-order valence-electron chi connectivity index (χ4n) is 2.19. The van der Waals surface area contributed by atoms with E-state index in [1.54, 1.807) is 17.4 Å². The van der Waals surface area contributed by atoms with E-state index in [1.165, 1.54) is 0 Å². The molecule has 0 saturated carbocycles. The Balaban J connectivity index is 2.50. The summed E-state index contributed by atoms with van der Waals surface area (Å²) in [5.74, 6) is 0.593. The first-order valence-corrected chi connectivity index (χ1v) is 7.67. The first kappa shape index (κ1) is 16.0. The number of phenolic OH excluding ortho intramolecular Hbond substituents is 1. The zero-order valence-corrected chi connectivity index (χ0v) is 13.8. The molecule has 0 unspecified atom stereocenters. The van der Waals surface area contributed by atoms with Gasteiger partial charge in [-0.25, -0.2) is 0 Å². The average molecular weight is 300 g/mol. The Morgan fingerprint density at radius 1 is 1.24 bits per heavy atom. The van der Waals surface area contributed by atoms with Crippen molar-refractivity contribution in [3.63, 3.8) is 0 Å². The summed E-state index contributed by atoms with van der Waals surface area (Å²) < 4.78 is 6.23. The Morgan fingerprint density at radius 3 is 2.52 bits per heavy atom. The van der Waals surface area contributed by atoms with Crippen molar-refractivity contribution in [2.24, 2.45) is 5.92 Å². The highest BCUT2D eigenvalue weighted by Gasteiger charge is 2.30. The van der Waals surface area contributed by atoms with Gasteiger partial charge in [-0.15, -0.1) is 12.2 Å². The van der Waals surface area contributed by atoms with Crippen molar-refractivity contribution in [2.75, 3.05) is 0 Å². The minimum atomic E-state index is -0.325. The second kappa shape index (κ2) is 6.16. The first-order chi connectivity index (χ1) is 9.85. The van der Waals surface area contributed by atoms with Gasteiger partial charge in [0.2, 0.25) is 0 Å². The molecule has 0 aromatic heterocycles. The first-order valence-electron chi connectivity index (χ1n) is 7.20. The lowest BCUT2D eigenvalue weighted by molar-refractivity contribution is 0.0638. The highest BCUT2D eigenvalue weighted by atomic mass is 32.1. The summed E-state index contributed by atoms with van der Waals surface area (Å²) in [7, 11) is 0. The Hall–Kier alpha value is -1.39. The van der Waals surface area contributed by atoms with Crippen molar-refractivity contribution >= 4 is 40.6 Å². The van der Waals surface area contributed by atoms with E-state index in [-0.39, 0.29) is 18.3 Å². The standard InChI is InChI=1S/C17H21BO2S/c1-12(2)17(3,4)20-18(11-21)16-10-14(19)9-13-7-5-6-8-15(13)16/h5-12,19H,1-4H3. The molecule has 0 spiro atoms. The van der Waals surface area contributed by atoms with E-state index in [9.17, 15) is 5.11 Å². The molecule has 110 valence electrons. The highest BCUT2D eigenvalue weighted by molar-refractivity contribution is 7.82. The van der Waals surface area contributed by atoms with Crippen molar-refractivity contribution in [3.05, 3.63) is 36.4 Å². The average Bonchev–Trinajstić information content (AvgIpc) is 2.43. The minimum Gasteiger partial charge on any atom is -0.508 e. The van der Waals surface area contributed by atoms with E-state index >= 15 is 0 Å². The number of aromatic hydroxyl groups is 1. The third-order valence-corrected chi connectivity index (χ3v) is 4.38. The van der Waals surface area contributed by atoms with Gasteiger partial charge >= 0.3 is 6.92 Å². The van der Waals surface area contributed by atoms with Crippen LogP contribution in [0, 0.1) is 5.92 Å². The molecule has 2 nitrogen and oxygen atoms in total. The van der Waals surface area contributed by atoms with Crippen LogP contribution in [0.15, 0.2) is 36.4 Å². The molecule has 1 N–H and O–H groups in total. The molecule has 0 heterocycles. The van der Waals surface area contributed by atoms with Crippen LogP contribution in [0.5, 0.6) is 5.75 Å². The molecule has 2 aromatic carbocycles. The van der Waals surface area contributed by atoms with Crippen molar-refractivity contribution in [2.45, 2.75) is 33.3 Å². The molecule has 2 aromatic rings. The van der Waals surface area contributed by atoms with Gasteiger partial charge in [-0.3, -0.25) is 0 Å². The lowest BCUT2D eigenvalue weighted by Gasteiger charge is -2.32. The van der Waals surface area contributed by atoms with Crippen molar-refractivity contribution in [3.8, 4) is 5.75 Å². The SMILES string of the molecule is CC(C)C(C)(C)OB(C=S)c1cc(O)cc2ccccc12. The zero-order chi connectivity index (χ0) is 15.6. The lowest BCUT2D eigenvalue weighted by atomic mass is 9.61. The van der Waals surface area contributed by atoms with Gasteiger partial charge in [0.15, 0.2) is 0 Å². The molecule has 0 radical (unpaired) electrons. The largest absolute Gasteiger partial charge is 0.508 e. The molecular weight excluding hydrogens is 279 g/mol.